The molecule has 1 atom stereocenters. The van der Waals surface area contributed by atoms with Gasteiger partial charge in [0.2, 0.25) is 0 Å². The Hall–Kier alpha value is -2.43. The van der Waals surface area contributed by atoms with Crippen molar-refractivity contribution < 1.29 is 9.15 Å². The number of hydrogen-bond donors (Lipinski definition) is 2. The number of fused-ring (bicyclic) bond motifs is 1. The van der Waals surface area contributed by atoms with E-state index in [1.165, 1.54) is 5.56 Å². The maximum Gasteiger partial charge on any atom is 0.191 e. The molecular weight excluding hydrogens is 278 g/mol. The lowest BCUT2D eigenvalue weighted by Gasteiger charge is -2.26. The Bertz CT molecular complexity index is 623. The Kier molecular flexibility index (Phi) is 4.63. The van der Waals surface area contributed by atoms with E-state index >= 15 is 0 Å². The quantitative estimate of drug-likeness (QED) is 0.673. The van der Waals surface area contributed by atoms with Crippen LogP contribution in [0.1, 0.15) is 23.5 Å². The number of rotatable bonds is 4. The molecule has 0 radical (unpaired) electrons. The zero-order valence-corrected chi connectivity index (χ0v) is 12.7. The fraction of sp³-hybridized carbons (Fsp3) is 0.353. The van der Waals surface area contributed by atoms with Gasteiger partial charge in [-0.25, -0.2) is 0 Å². The van der Waals surface area contributed by atoms with Crippen LogP contribution in [0.5, 0.6) is 5.75 Å². The number of nitrogens with one attached hydrogen (secondary N) is 2. The van der Waals surface area contributed by atoms with Crippen LogP contribution in [0.2, 0.25) is 0 Å². The molecule has 1 aliphatic heterocycles. The van der Waals surface area contributed by atoms with Crippen LogP contribution in [0.15, 0.2) is 52.3 Å². The summed E-state index contributed by atoms with van der Waals surface area (Å²) in [4.78, 5) is 4.26. The molecule has 0 bridgehead atoms. The molecule has 2 heterocycles. The molecule has 0 fully saturated rings. The number of nitrogens with zero attached hydrogens (tertiary/aromatic N) is 1. The summed E-state index contributed by atoms with van der Waals surface area (Å²) in [6.07, 6.45) is 4.42. The summed E-state index contributed by atoms with van der Waals surface area (Å²) in [5.74, 6) is 2.24. The molecule has 0 aliphatic carbocycles. The number of benzene rings is 1. The van der Waals surface area contributed by atoms with E-state index in [0.29, 0.717) is 12.5 Å². The molecule has 3 rings (SSSR count). The first-order valence-electron chi connectivity index (χ1n) is 7.54. The predicted molar refractivity (Wildman–Crippen MR) is 86.2 cm³/mol. The van der Waals surface area contributed by atoms with Gasteiger partial charge in [0.05, 0.1) is 19.1 Å². The molecule has 0 saturated carbocycles. The highest BCUT2D eigenvalue weighted by Gasteiger charge is 2.20. The van der Waals surface area contributed by atoms with Crippen LogP contribution >= 0.6 is 0 Å². The summed E-state index contributed by atoms with van der Waals surface area (Å²) < 4.78 is 10.8. The lowest BCUT2D eigenvalue weighted by atomic mass is 9.93. The second-order valence-corrected chi connectivity index (χ2v) is 5.31. The number of para-hydroxylation sites is 1. The second-order valence-electron chi connectivity index (χ2n) is 5.31. The highest BCUT2D eigenvalue weighted by atomic mass is 16.5. The molecule has 1 unspecified atom stereocenters. The first kappa shape index (κ1) is 14.5. The van der Waals surface area contributed by atoms with Gasteiger partial charge in [0.15, 0.2) is 5.96 Å². The highest BCUT2D eigenvalue weighted by molar-refractivity contribution is 5.79. The number of hydrogen-bond acceptors (Lipinski definition) is 3. The third-order valence-electron chi connectivity index (χ3n) is 3.86. The molecule has 5 heteroatoms. The van der Waals surface area contributed by atoms with Gasteiger partial charge in [0.1, 0.15) is 5.75 Å². The van der Waals surface area contributed by atoms with Crippen LogP contribution in [0.25, 0.3) is 0 Å². The molecule has 116 valence electrons. The van der Waals surface area contributed by atoms with Crippen molar-refractivity contribution in [3.8, 4) is 5.75 Å². The molecule has 2 aromatic rings. The fourth-order valence-corrected chi connectivity index (χ4v) is 2.65. The molecule has 5 nitrogen and oxygen atoms in total. The Balaban J connectivity index is 1.55. The van der Waals surface area contributed by atoms with Gasteiger partial charge < -0.3 is 19.8 Å². The topological polar surface area (TPSA) is 58.8 Å². The lowest BCUT2D eigenvalue weighted by Crippen LogP contribution is -2.39. The van der Waals surface area contributed by atoms with E-state index in [1.54, 1.807) is 19.6 Å². The van der Waals surface area contributed by atoms with E-state index in [4.69, 9.17) is 9.15 Å². The van der Waals surface area contributed by atoms with Crippen LogP contribution in [-0.4, -0.2) is 26.2 Å². The maximum absolute atomic E-state index is 5.70. The van der Waals surface area contributed by atoms with Gasteiger partial charge in [-0.2, -0.15) is 0 Å². The van der Waals surface area contributed by atoms with Gasteiger partial charge in [-0.1, -0.05) is 18.2 Å². The summed E-state index contributed by atoms with van der Waals surface area (Å²) in [5.41, 5.74) is 2.37. The van der Waals surface area contributed by atoms with E-state index in [0.717, 1.165) is 36.8 Å². The highest BCUT2D eigenvalue weighted by Crippen LogP contribution is 2.32. The number of furan rings is 1. The van der Waals surface area contributed by atoms with Gasteiger partial charge >= 0.3 is 0 Å². The number of ether oxygens (including phenoxy) is 1. The maximum atomic E-state index is 5.70. The van der Waals surface area contributed by atoms with Crippen LogP contribution < -0.4 is 15.4 Å². The van der Waals surface area contributed by atoms with Gasteiger partial charge in [-0.15, -0.1) is 0 Å². The van der Waals surface area contributed by atoms with Gasteiger partial charge in [0, 0.05) is 31.6 Å². The monoisotopic (exact) mass is 299 g/mol. The van der Waals surface area contributed by atoms with Crippen molar-refractivity contribution in [2.45, 2.75) is 18.9 Å². The zero-order valence-electron chi connectivity index (χ0n) is 12.7. The number of aliphatic imine (C=N–C) groups is 1. The first-order valence-corrected chi connectivity index (χ1v) is 7.54. The normalized spacial score (nSPS) is 17.5. The van der Waals surface area contributed by atoms with Crippen LogP contribution in [0.3, 0.4) is 0 Å². The van der Waals surface area contributed by atoms with Gasteiger partial charge in [-0.3, -0.25) is 4.99 Å². The van der Waals surface area contributed by atoms with Crippen LogP contribution in [0, 0.1) is 0 Å². The Morgan fingerprint density at radius 3 is 3.00 bits per heavy atom. The van der Waals surface area contributed by atoms with E-state index in [9.17, 15) is 0 Å². The zero-order chi connectivity index (χ0) is 15.2. The Morgan fingerprint density at radius 1 is 1.27 bits per heavy atom. The fourth-order valence-electron chi connectivity index (χ4n) is 2.65. The molecule has 0 saturated heterocycles. The van der Waals surface area contributed by atoms with Crippen molar-refractivity contribution in [3.63, 3.8) is 0 Å². The van der Waals surface area contributed by atoms with Crippen molar-refractivity contribution in [1.29, 1.82) is 0 Å². The molecule has 1 aromatic carbocycles. The summed E-state index contributed by atoms with van der Waals surface area (Å²) in [6, 6.07) is 10.2. The van der Waals surface area contributed by atoms with E-state index in [1.807, 2.05) is 18.2 Å². The van der Waals surface area contributed by atoms with Crippen molar-refractivity contribution in [2.75, 3.05) is 20.2 Å². The molecule has 0 spiro atoms. The third kappa shape index (κ3) is 3.42. The third-order valence-corrected chi connectivity index (χ3v) is 3.86. The minimum atomic E-state index is 0.442. The Labute approximate surface area is 130 Å². The molecule has 22 heavy (non-hydrogen) atoms. The molecule has 2 N–H and O–H groups in total. The van der Waals surface area contributed by atoms with Crippen molar-refractivity contribution in [3.05, 3.63) is 54.0 Å². The molecule has 0 amide bonds. The SMILES string of the molecule is CN=C(NCc1ccoc1)NCC1CCOc2ccccc21. The average Bonchev–Trinajstić information content (AvgIpc) is 3.08. The van der Waals surface area contributed by atoms with Crippen LogP contribution in [-0.2, 0) is 6.54 Å². The predicted octanol–water partition coefficient (Wildman–Crippen LogP) is 2.51. The Morgan fingerprint density at radius 2 is 2.18 bits per heavy atom. The van der Waals surface area contributed by atoms with Crippen molar-refractivity contribution >= 4 is 5.96 Å². The minimum absolute atomic E-state index is 0.442. The van der Waals surface area contributed by atoms with Crippen molar-refractivity contribution in [1.82, 2.24) is 10.6 Å². The van der Waals surface area contributed by atoms with E-state index in [2.05, 4.69) is 27.8 Å². The lowest BCUT2D eigenvalue weighted by molar-refractivity contribution is 0.267. The first-order chi connectivity index (χ1) is 10.9. The summed E-state index contributed by atoms with van der Waals surface area (Å²) in [7, 11) is 1.78. The summed E-state index contributed by atoms with van der Waals surface area (Å²) in [6.45, 7) is 2.30. The number of guanidine groups is 1. The van der Waals surface area contributed by atoms with E-state index < -0.39 is 0 Å². The second kappa shape index (κ2) is 7.02. The summed E-state index contributed by atoms with van der Waals surface area (Å²) in [5, 5.41) is 6.68. The molecular formula is C17H21N3O2. The standard InChI is InChI=1S/C17H21N3O2/c1-18-17(19-10-13-6-8-21-12-13)20-11-14-7-9-22-16-5-3-2-4-15(14)16/h2-6,8,12,14H,7,9-11H2,1H3,(H2,18,19,20). The average molecular weight is 299 g/mol. The largest absolute Gasteiger partial charge is 0.493 e. The van der Waals surface area contributed by atoms with Crippen molar-refractivity contribution in [2.24, 2.45) is 4.99 Å². The van der Waals surface area contributed by atoms with Gasteiger partial charge in [-0.05, 0) is 24.1 Å². The minimum Gasteiger partial charge on any atom is -0.493 e. The molecule has 1 aromatic heterocycles. The van der Waals surface area contributed by atoms with Crippen LogP contribution in [0.4, 0.5) is 0 Å². The smallest absolute Gasteiger partial charge is 0.191 e. The summed E-state index contributed by atoms with van der Waals surface area (Å²) >= 11 is 0. The van der Waals surface area contributed by atoms with E-state index in [-0.39, 0.29) is 0 Å². The van der Waals surface area contributed by atoms with Gasteiger partial charge in [0.25, 0.3) is 0 Å². The molecule has 1 aliphatic rings.